The molecule has 4 rings (SSSR count). The zero-order valence-electron chi connectivity index (χ0n) is 17.1. The predicted octanol–water partition coefficient (Wildman–Crippen LogP) is 3.64. The third kappa shape index (κ3) is 4.39. The van der Waals surface area contributed by atoms with E-state index in [0.717, 1.165) is 33.8 Å². The highest BCUT2D eigenvalue weighted by Crippen LogP contribution is 2.33. The number of methoxy groups -OCH3 is 1. The number of ether oxygens (including phenoxy) is 3. The summed E-state index contributed by atoms with van der Waals surface area (Å²) < 4.78 is 17.0. The summed E-state index contributed by atoms with van der Waals surface area (Å²) in [4.78, 5) is 21.5. The maximum atomic E-state index is 13.1. The van der Waals surface area contributed by atoms with E-state index >= 15 is 0 Å². The number of fused-ring (bicyclic) bond motifs is 2. The Balaban J connectivity index is 1.58. The monoisotopic (exact) mass is 425 g/mol. The lowest BCUT2D eigenvalue weighted by Crippen LogP contribution is -2.35. The van der Waals surface area contributed by atoms with Crippen molar-refractivity contribution in [2.24, 2.45) is 0 Å². The van der Waals surface area contributed by atoms with Gasteiger partial charge in [0.15, 0.2) is 16.6 Å². The van der Waals surface area contributed by atoms with E-state index in [0.29, 0.717) is 17.4 Å². The van der Waals surface area contributed by atoms with E-state index in [1.54, 1.807) is 24.2 Å². The molecule has 0 saturated heterocycles. The molecule has 0 fully saturated rings. The van der Waals surface area contributed by atoms with Gasteiger partial charge in [-0.1, -0.05) is 17.4 Å². The highest BCUT2D eigenvalue weighted by molar-refractivity contribution is 7.22. The van der Waals surface area contributed by atoms with Gasteiger partial charge in [-0.15, -0.1) is 0 Å². The summed E-state index contributed by atoms with van der Waals surface area (Å²) in [6.07, 6.45) is 3.35. The van der Waals surface area contributed by atoms with Crippen molar-refractivity contribution in [1.29, 1.82) is 0 Å². The Morgan fingerprint density at radius 1 is 1.17 bits per heavy atom. The van der Waals surface area contributed by atoms with Crippen molar-refractivity contribution in [2.45, 2.75) is 0 Å². The second-order valence-electron chi connectivity index (χ2n) is 7.07. The van der Waals surface area contributed by atoms with Gasteiger partial charge in [-0.25, -0.2) is 4.98 Å². The van der Waals surface area contributed by atoms with E-state index in [2.05, 4.69) is 4.98 Å². The lowest BCUT2D eigenvalue weighted by atomic mass is 10.2. The molecule has 2 aromatic carbocycles. The van der Waals surface area contributed by atoms with Gasteiger partial charge in [0.05, 0.1) is 17.3 Å². The van der Waals surface area contributed by atoms with Crippen molar-refractivity contribution < 1.29 is 19.0 Å². The highest BCUT2D eigenvalue weighted by Gasteiger charge is 2.19. The van der Waals surface area contributed by atoms with Crippen LogP contribution in [-0.4, -0.2) is 56.9 Å². The molecule has 2 heterocycles. The fourth-order valence-electron chi connectivity index (χ4n) is 3.01. The van der Waals surface area contributed by atoms with Gasteiger partial charge >= 0.3 is 0 Å². The number of anilines is 1. The number of thiazole rings is 1. The average Bonchev–Trinajstić information content (AvgIpc) is 3.37. The lowest BCUT2D eigenvalue weighted by Gasteiger charge is -2.20. The molecule has 3 aromatic rings. The maximum Gasteiger partial charge on any atom is 0.252 e. The van der Waals surface area contributed by atoms with Crippen LogP contribution in [0.2, 0.25) is 0 Å². The Kier molecular flexibility index (Phi) is 5.87. The molecular weight excluding hydrogens is 402 g/mol. The minimum atomic E-state index is -0.125. The van der Waals surface area contributed by atoms with Gasteiger partial charge in [-0.3, -0.25) is 9.69 Å². The topological polar surface area (TPSA) is 64.1 Å². The minimum Gasteiger partial charge on any atom is -0.497 e. The number of hydrogen-bond acceptors (Lipinski definition) is 7. The summed E-state index contributed by atoms with van der Waals surface area (Å²) in [6.45, 7) is 1.49. The Bertz CT molecular complexity index is 1090. The van der Waals surface area contributed by atoms with Crippen LogP contribution >= 0.6 is 11.3 Å². The average molecular weight is 426 g/mol. The fraction of sp³-hybridized carbons (Fsp3) is 0.273. The van der Waals surface area contributed by atoms with Crippen molar-refractivity contribution in [3.63, 3.8) is 0 Å². The fourth-order valence-corrected chi connectivity index (χ4v) is 4.04. The van der Waals surface area contributed by atoms with Crippen molar-refractivity contribution in [1.82, 2.24) is 9.88 Å². The van der Waals surface area contributed by atoms with Crippen LogP contribution in [0.3, 0.4) is 0 Å². The molecule has 0 unspecified atom stereocenters. The van der Waals surface area contributed by atoms with Gasteiger partial charge in [0.1, 0.15) is 5.75 Å². The first-order valence-corrected chi connectivity index (χ1v) is 10.3. The molecule has 0 N–H and O–H groups in total. The Hall–Kier alpha value is -3.10. The molecule has 0 saturated carbocycles. The normalized spacial score (nSPS) is 12.8. The molecule has 1 amide bonds. The van der Waals surface area contributed by atoms with E-state index in [1.165, 1.54) is 11.3 Å². The number of likely N-dealkylation sites (N-methyl/N-ethyl adjacent to an activating group) is 1. The summed E-state index contributed by atoms with van der Waals surface area (Å²) in [5, 5.41) is 0.667. The number of carbonyl (C=O) groups excluding carboxylic acids is 1. The van der Waals surface area contributed by atoms with Gasteiger partial charge in [0.25, 0.3) is 5.91 Å². The van der Waals surface area contributed by atoms with Crippen molar-refractivity contribution in [3.8, 4) is 17.2 Å². The van der Waals surface area contributed by atoms with Crippen LogP contribution in [0.25, 0.3) is 16.3 Å². The Morgan fingerprint density at radius 3 is 2.80 bits per heavy atom. The second kappa shape index (κ2) is 8.73. The van der Waals surface area contributed by atoms with Crippen LogP contribution in [0.15, 0.2) is 42.5 Å². The molecule has 30 heavy (non-hydrogen) atoms. The zero-order chi connectivity index (χ0) is 21.1. The SMILES string of the molecule is COc1ccc2nc(N(CCN(C)C)C(=O)C=Cc3ccc4c(c3)OCO4)sc2c1. The first-order valence-electron chi connectivity index (χ1n) is 9.52. The van der Waals surface area contributed by atoms with Gasteiger partial charge in [0, 0.05) is 19.2 Å². The van der Waals surface area contributed by atoms with Gasteiger partial charge in [-0.05, 0) is 56.1 Å². The number of carbonyl (C=O) groups is 1. The van der Waals surface area contributed by atoms with Crippen LogP contribution in [0.5, 0.6) is 17.2 Å². The Labute approximate surface area is 179 Å². The summed E-state index contributed by atoms with van der Waals surface area (Å²) >= 11 is 1.48. The molecule has 1 aliphatic rings. The van der Waals surface area contributed by atoms with Gasteiger partial charge < -0.3 is 19.1 Å². The van der Waals surface area contributed by atoms with E-state index in [4.69, 9.17) is 14.2 Å². The molecule has 156 valence electrons. The highest BCUT2D eigenvalue weighted by atomic mass is 32.1. The van der Waals surface area contributed by atoms with E-state index in [9.17, 15) is 4.79 Å². The molecule has 0 spiro atoms. The molecule has 0 bridgehead atoms. The molecule has 1 aliphatic heterocycles. The third-order valence-electron chi connectivity index (χ3n) is 4.67. The lowest BCUT2D eigenvalue weighted by molar-refractivity contribution is -0.114. The number of benzene rings is 2. The first kappa shape index (κ1) is 20.2. The van der Waals surface area contributed by atoms with E-state index in [-0.39, 0.29) is 12.7 Å². The van der Waals surface area contributed by atoms with Crippen molar-refractivity contribution >= 4 is 38.7 Å². The maximum absolute atomic E-state index is 13.1. The number of nitrogens with zero attached hydrogens (tertiary/aromatic N) is 3. The van der Waals surface area contributed by atoms with Gasteiger partial charge in [-0.2, -0.15) is 0 Å². The summed E-state index contributed by atoms with van der Waals surface area (Å²) in [5.41, 5.74) is 1.72. The molecule has 1 aromatic heterocycles. The summed E-state index contributed by atoms with van der Waals surface area (Å²) in [5.74, 6) is 2.05. The second-order valence-corrected chi connectivity index (χ2v) is 8.08. The number of rotatable bonds is 7. The quantitative estimate of drug-likeness (QED) is 0.539. The molecule has 8 heteroatoms. The minimum absolute atomic E-state index is 0.125. The largest absolute Gasteiger partial charge is 0.497 e. The molecular formula is C22H23N3O4S. The van der Waals surface area contributed by atoms with E-state index in [1.807, 2.05) is 55.4 Å². The summed E-state index contributed by atoms with van der Waals surface area (Å²) in [7, 11) is 5.60. The Morgan fingerprint density at radius 2 is 2.00 bits per heavy atom. The zero-order valence-corrected chi connectivity index (χ0v) is 17.9. The van der Waals surface area contributed by atoms with Crippen LogP contribution in [0, 0.1) is 0 Å². The van der Waals surface area contributed by atoms with Crippen molar-refractivity contribution in [2.75, 3.05) is 46.0 Å². The molecule has 7 nitrogen and oxygen atoms in total. The van der Waals surface area contributed by atoms with Crippen LogP contribution in [0.4, 0.5) is 5.13 Å². The number of amides is 1. The smallest absolute Gasteiger partial charge is 0.252 e. The van der Waals surface area contributed by atoms with Crippen molar-refractivity contribution in [3.05, 3.63) is 48.0 Å². The molecule has 0 radical (unpaired) electrons. The first-order chi connectivity index (χ1) is 14.5. The van der Waals surface area contributed by atoms with E-state index < -0.39 is 0 Å². The molecule has 0 aliphatic carbocycles. The standard InChI is InChI=1S/C22H23N3O4S/c1-24(2)10-11-25(22-23-17-7-6-16(27-3)13-20(17)30-22)21(26)9-5-15-4-8-18-19(12-15)29-14-28-18/h4-9,12-13H,10-11,14H2,1-3H3. The predicted molar refractivity (Wildman–Crippen MR) is 119 cm³/mol. The molecule has 0 atom stereocenters. The van der Waals surface area contributed by atoms with Crippen LogP contribution < -0.4 is 19.1 Å². The summed E-state index contributed by atoms with van der Waals surface area (Å²) in [6, 6.07) is 11.3. The third-order valence-corrected chi connectivity index (χ3v) is 5.71. The van der Waals surface area contributed by atoms with Gasteiger partial charge in [0.2, 0.25) is 6.79 Å². The van der Waals surface area contributed by atoms with Crippen LogP contribution in [0.1, 0.15) is 5.56 Å². The number of hydrogen-bond donors (Lipinski definition) is 0. The number of aromatic nitrogens is 1. The van der Waals surface area contributed by atoms with Crippen LogP contribution in [-0.2, 0) is 4.79 Å².